The molecule has 1 fully saturated rings. The van der Waals surface area contributed by atoms with E-state index in [1.165, 1.54) is 12.1 Å². The van der Waals surface area contributed by atoms with E-state index in [-0.39, 0.29) is 35.2 Å². The van der Waals surface area contributed by atoms with Gasteiger partial charge in [0.25, 0.3) is 0 Å². The number of fused-ring (bicyclic) bond motifs is 1. The number of esters is 1. The first-order valence-corrected chi connectivity index (χ1v) is 9.45. The van der Waals surface area contributed by atoms with Gasteiger partial charge in [0.1, 0.15) is 12.3 Å². The fraction of sp³-hybridized carbons (Fsp3) is 0.217. The summed E-state index contributed by atoms with van der Waals surface area (Å²) in [6, 6.07) is 15.1. The number of ketones is 1. The second kappa shape index (κ2) is 7.83. The monoisotopic (exact) mass is 389 g/mol. The fourth-order valence-electron chi connectivity index (χ4n) is 3.75. The first-order chi connectivity index (χ1) is 14.0. The standard InChI is InChI=1S/C23H19NO5/c25-20(14-24-22(27)18-8-4-5-9-19(18)23(24)28)29-17-12-10-16(11-13-17)21(26)15-6-2-1-3-7-15/h1-7,10-13,18-19H,8-9,14H2/t18-,19-/m0/s1. The van der Waals surface area contributed by atoms with E-state index in [1.54, 1.807) is 36.4 Å². The van der Waals surface area contributed by atoms with Crippen LogP contribution in [0.25, 0.3) is 0 Å². The molecule has 0 aromatic heterocycles. The first-order valence-electron chi connectivity index (χ1n) is 9.45. The van der Waals surface area contributed by atoms with Crippen LogP contribution in [0.2, 0.25) is 0 Å². The summed E-state index contributed by atoms with van der Waals surface area (Å²) in [4.78, 5) is 50.5. The number of likely N-dealkylation sites (tertiary alicyclic amines) is 1. The Balaban J connectivity index is 1.38. The minimum absolute atomic E-state index is 0.132. The predicted octanol–water partition coefficient (Wildman–Crippen LogP) is 2.77. The molecule has 29 heavy (non-hydrogen) atoms. The van der Waals surface area contributed by atoms with E-state index in [4.69, 9.17) is 4.74 Å². The Morgan fingerprint density at radius 1 is 0.828 bits per heavy atom. The van der Waals surface area contributed by atoms with Crippen LogP contribution in [0.15, 0.2) is 66.7 Å². The number of nitrogens with zero attached hydrogens (tertiary/aromatic N) is 1. The highest BCUT2D eigenvalue weighted by molar-refractivity contribution is 6.09. The molecular formula is C23H19NO5. The predicted molar refractivity (Wildman–Crippen MR) is 104 cm³/mol. The molecular weight excluding hydrogens is 370 g/mol. The molecule has 1 saturated heterocycles. The van der Waals surface area contributed by atoms with Crippen molar-refractivity contribution in [2.45, 2.75) is 12.8 Å². The van der Waals surface area contributed by atoms with E-state index in [0.717, 1.165) is 4.90 Å². The Labute approximate surface area is 167 Å². The molecule has 6 heteroatoms. The molecule has 0 N–H and O–H groups in total. The molecule has 1 aliphatic heterocycles. The molecule has 0 radical (unpaired) electrons. The minimum atomic E-state index is -0.694. The first kappa shape index (κ1) is 18.8. The van der Waals surface area contributed by atoms with Gasteiger partial charge in [-0.2, -0.15) is 0 Å². The highest BCUT2D eigenvalue weighted by Crippen LogP contribution is 2.34. The molecule has 6 nitrogen and oxygen atoms in total. The summed E-state index contributed by atoms with van der Waals surface area (Å²) in [7, 11) is 0. The number of hydrogen-bond donors (Lipinski definition) is 0. The lowest BCUT2D eigenvalue weighted by atomic mass is 9.85. The van der Waals surface area contributed by atoms with Gasteiger partial charge in [-0.1, -0.05) is 42.5 Å². The number of imide groups is 1. The highest BCUT2D eigenvalue weighted by atomic mass is 16.5. The summed E-state index contributed by atoms with van der Waals surface area (Å²) in [5.74, 6) is -1.95. The summed E-state index contributed by atoms with van der Waals surface area (Å²) in [5.41, 5.74) is 1.04. The topological polar surface area (TPSA) is 80.8 Å². The van der Waals surface area contributed by atoms with Crippen molar-refractivity contribution in [3.8, 4) is 5.75 Å². The Hall–Kier alpha value is -3.54. The lowest BCUT2D eigenvalue weighted by molar-refractivity contribution is -0.148. The maximum absolute atomic E-state index is 12.4. The third-order valence-corrected chi connectivity index (χ3v) is 5.27. The largest absolute Gasteiger partial charge is 0.425 e. The number of amides is 2. The van der Waals surface area contributed by atoms with Crippen molar-refractivity contribution in [1.82, 2.24) is 4.90 Å². The van der Waals surface area contributed by atoms with Crippen molar-refractivity contribution in [2.24, 2.45) is 11.8 Å². The van der Waals surface area contributed by atoms with Gasteiger partial charge >= 0.3 is 5.97 Å². The van der Waals surface area contributed by atoms with Gasteiger partial charge in [0.05, 0.1) is 11.8 Å². The van der Waals surface area contributed by atoms with Crippen molar-refractivity contribution in [3.63, 3.8) is 0 Å². The molecule has 2 aromatic rings. The molecule has 146 valence electrons. The third kappa shape index (κ3) is 3.74. The van der Waals surface area contributed by atoms with Crippen molar-refractivity contribution in [1.29, 1.82) is 0 Å². The van der Waals surface area contributed by atoms with Gasteiger partial charge in [-0.3, -0.25) is 19.3 Å². The van der Waals surface area contributed by atoms with E-state index in [1.807, 2.05) is 18.2 Å². The summed E-state index contributed by atoms with van der Waals surface area (Å²) in [6.07, 6.45) is 4.84. The maximum Gasteiger partial charge on any atom is 0.331 e. The van der Waals surface area contributed by atoms with Gasteiger partial charge < -0.3 is 4.74 Å². The molecule has 0 bridgehead atoms. The van der Waals surface area contributed by atoms with E-state index in [0.29, 0.717) is 24.0 Å². The molecule has 1 heterocycles. The molecule has 2 atom stereocenters. The second-order valence-corrected chi connectivity index (χ2v) is 7.11. The Kier molecular flexibility index (Phi) is 5.08. The average molecular weight is 389 g/mol. The van der Waals surface area contributed by atoms with Crippen molar-refractivity contribution >= 4 is 23.6 Å². The zero-order valence-electron chi connectivity index (χ0n) is 15.6. The van der Waals surface area contributed by atoms with Crippen LogP contribution in [0.3, 0.4) is 0 Å². The SMILES string of the molecule is O=C(CN1C(=O)[C@H]2CC=CC[C@@H]2C1=O)Oc1ccc(C(=O)c2ccccc2)cc1. The number of hydrogen-bond acceptors (Lipinski definition) is 5. The van der Waals surface area contributed by atoms with Gasteiger partial charge in [-0.25, -0.2) is 4.79 Å². The van der Waals surface area contributed by atoms with Gasteiger partial charge in [-0.05, 0) is 37.1 Å². The van der Waals surface area contributed by atoms with E-state index >= 15 is 0 Å². The zero-order valence-corrected chi connectivity index (χ0v) is 15.6. The van der Waals surface area contributed by atoms with Crippen molar-refractivity contribution < 1.29 is 23.9 Å². The Bertz CT molecular complexity index is 968. The molecule has 0 spiro atoms. The van der Waals surface area contributed by atoms with Crippen LogP contribution in [0.4, 0.5) is 0 Å². The fourth-order valence-corrected chi connectivity index (χ4v) is 3.75. The Morgan fingerprint density at radius 2 is 1.38 bits per heavy atom. The van der Waals surface area contributed by atoms with Gasteiger partial charge in [-0.15, -0.1) is 0 Å². The van der Waals surface area contributed by atoms with Crippen LogP contribution in [-0.2, 0) is 14.4 Å². The van der Waals surface area contributed by atoms with Crippen molar-refractivity contribution in [3.05, 3.63) is 77.9 Å². The number of carbonyl (C=O) groups excluding carboxylic acids is 4. The number of benzene rings is 2. The summed E-state index contributed by atoms with van der Waals surface area (Å²) in [5, 5.41) is 0. The minimum Gasteiger partial charge on any atom is -0.425 e. The lowest BCUT2D eigenvalue weighted by Crippen LogP contribution is -2.37. The molecule has 0 unspecified atom stereocenters. The van der Waals surface area contributed by atoms with Crippen molar-refractivity contribution in [2.75, 3.05) is 6.54 Å². The number of allylic oxidation sites excluding steroid dienone is 2. The normalized spacial score (nSPS) is 20.5. The number of rotatable bonds is 5. The maximum atomic E-state index is 12.4. The molecule has 2 amide bonds. The smallest absolute Gasteiger partial charge is 0.331 e. The van der Waals surface area contributed by atoms with E-state index in [2.05, 4.69) is 0 Å². The van der Waals surface area contributed by atoms with Gasteiger partial charge in [0.15, 0.2) is 5.78 Å². The van der Waals surface area contributed by atoms with Gasteiger partial charge in [0.2, 0.25) is 11.8 Å². The molecule has 2 aromatic carbocycles. The van der Waals surface area contributed by atoms with E-state index < -0.39 is 12.5 Å². The molecule has 1 aliphatic carbocycles. The zero-order chi connectivity index (χ0) is 20.4. The Morgan fingerprint density at radius 3 is 1.97 bits per heavy atom. The second-order valence-electron chi connectivity index (χ2n) is 7.11. The third-order valence-electron chi connectivity index (χ3n) is 5.27. The highest BCUT2D eigenvalue weighted by Gasteiger charge is 2.47. The van der Waals surface area contributed by atoms with E-state index in [9.17, 15) is 19.2 Å². The van der Waals surface area contributed by atoms with Crippen LogP contribution < -0.4 is 4.74 Å². The van der Waals surface area contributed by atoms with Crippen LogP contribution in [0, 0.1) is 11.8 Å². The van der Waals surface area contributed by atoms with Crippen LogP contribution in [0.1, 0.15) is 28.8 Å². The number of ether oxygens (including phenoxy) is 1. The summed E-state index contributed by atoms with van der Waals surface area (Å²) in [6.45, 7) is -0.407. The molecule has 4 rings (SSSR count). The van der Waals surface area contributed by atoms with Crippen LogP contribution in [0.5, 0.6) is 5.75 Å². The summed E-state index contributed by atoms with van der Waals surface area (Å²) < 4.78 is 5.25. The van der Waals surface area contributed by atoms with Crippen LogP contribution >= 0.6 is 0 Å². The quantitative estimate of drug-likeness (QED) is 0.258. The number of carbonyl (C=O) groups is 4. The molecule has 0 saturated carbocycles. The molecule has 2 aliphatic rings. The van der Waals surface area contributed by atoms with Crippen LogP contribution in [-0.4, -0.2) is 35.0 Å². The van der Waals surface area contributed by atoms with Gasteiger partial charge in [0, 0.05) is 11.1 Å². The lowest BCUT2D eigenvalue weighted by Gasteiger charge is -2.14. The average Bonchev–Trinajstić information content (AvgIpc) is 2.99. The summed E-state index contributed by atoms with van der Waals surface area (Å²) >= 11 is 0.